The normalized spacial score (nSPS) is 11.9. The van der Waals surface area contributed by atoms with E-state index in [2.05, 4.69) is 4.98 Å². The van der Waals surface area contributed by atoms with Crippen LogP contribution in [-0.2, 0) is 12.7 Å². The standard InChI is InChI=1S/C21H15F3N2OS/c1-13-5-2-3-8-16(13)17-11-28-19-18(17)25-12-26(20(19)27)10-14-6-4-7-15(9-14)21(22,23)24/h2-9,11-12H,10H2,1H3. The monoisotopic (exact) mass is 400 g/mol. The number of aromatic nitrogens is 2. The third-order valence-electron chi connectivity index (χ3n) is 4.59. The second-order valence-electron chi connectivity index (χ2n) is 6.52. The van der Waals surface area contributed by atoms with Crippen molar-refractivity contribution < 1.29 is 13.2 Å². The minimum absolute atomic E-state index is 0.0310. The molecule has 0 saturated heterocycles. The van der Waals surface area contributed by atoms with Crippen LogP contribution in [-0.4, -0.2) is 9.55 Å². The summed E-state index contributed by atoms with van der Waals surface area (Å²) in [6.07, 6.45) is -3.02. The summed E-state index contributed by atoms with van der Waals surface area (Å²) in [7, 11) is 0. The van der Waals surface area contributed by atoms with Gasteiger partial charge in [-0.25, -0.2) is 4.98 Å². The Morgan fingerprint density at radius 3 is 2.61 bits per heavy atom. The zero-order valence-electron chi connectivity index (χ0n) is 14.8. The molecular weight excluding hydrogens is 385 g/mol. The summed E-state index contributed by atoms with van der Waals surface area (Å²) in [5.74, 6) is 0. The number of alkyl halides is 3. The minimum Gasteiger partial charge on any atom is -0.294 e. The van der Waals surface area contributed by atoms with E-state index in [4.69, 9.17) is 0 Å². The van der Waals surface area contributed by atoms with Crippen LogP contribution in [0.2, 0.25) is 0 Å². The molecule has 0 bridgehead atoms. The van der Waals surface area contributed by atoms with Crippen LogP contribution in [0.3, 0.4) is 0 Å². The van der Waals surface area contributed by atoms with Crippen molar-refractivity contribution in [2.24, 2.45) is 0 Å². The second-order valence-corrected chi connectivity index (χ2v) is 7.40. The highest BCUT2D eigenvalue weighted by Gasteiger charge is 2.30. The van der Waals surface area contributed by atoms with Crippen molar-refractivity contribution in [1.29, 1.82) is 0 Å². The van der Waals surface area contributed by atoms with E-state index in [1.165, 1.54) is 28.3 Å². The molecular formula is C21H15F3N2OS. The van der Waals surface area contributed by atoms with E-state index in [1.807, 2.05) is 36.6 Å². The predicted octanol–water partition coefficient (Wildman–Crippen LogP) is 5.50. The summed E-state index contributed by atoms with van der Waals surface area (Å²) in [5, 5.41) is 1.90. The lowest BCUT2D eigenvalue weighted by atomic mass is 10.0. The maximum Gasteiger partial charge on any atom is 0.416 e. The Kier molecular flexibility index (Phi) is 4.55. The maximum atomic E-state index is 12.9. The van der Waals surface area contributed by atoms with Gasteiger partial charge in [0.25, 0.3) is 5.56 Å². The fraction of sp³-hybridized carbons (Fsp3) is 0.143. The van der Waals surface area contributed by atoms with Gasteiger partial charge >= 0.3 is 6.18 Å². The molecule has 0 fully saturated rings. The number of benzene rings is 2. The van der Waals surface area contributed by atoms with Crippen LogP contribution in [0, 0.1) is 6.92 Å². The molecule has 0 atom stereocenters. The number of hydrogen-bond acceptors (Lipinski definition) is 3. The number of fused-ring (bicyclic) bond motifs is 1. The molecule has 0 radical (unpaired) electrons. The molecule has 0 aliphatic heterocycles. The highest BCUT2D eigenvalue weighted by molar-refractivity contribution is 7.17. The van der Waals surface area contributed by atoms with Gasteiger partial charge in [0.05, 0.1) is 24.0 Å². The number of halogens is 3. The van der Waals surface area contributed by atoms with E-state index in [0.717, 1.165) is 28.8 Å². The third-order valence-corrected chi connectivity index (χ3v) is 5.55. The number of rotatable bonds is 3. The Morgan fingerprint density at radius 2 is 1.86 bits per heavy atom. The Bertz CT molecular complexity index is 1220. The van der Waals surface area contributed by atoms with E-state index in [0.29, 0.717) is 15.8 Å². The van der Waals surface area contributed by atoms with Crippen molar-refractivity contribution >= 4 is 21.6 Å². The summed E-state index contributed by atoms with van der Waals surface area (Å²) in [6, 6.07) is 12.8. The number of hydrogen-bond donors (Lipinski definition) is 0. The van der Waals surface area contributed by atoms with Crippen molar-refractivity contribution in [3.05, 3.63) is 87.3 Å². The van der Waals surface area contributed by atoms with Crippen molar-refractivity contribution in [3.8, 4) is 11.1 Å². The van der Waals surface area contributed by atoms with Gasteiger partial charge in [0.1, 0.15) is 4.70 Å². The second kappa shape index (κ2) is 6.91. The number of thiophene rings is 1. The maximum absolute atomic E-state index is 12.9. The van der Waals surface area contributed by atoms with Crippen LogP contribution in [0.15, 0.2) is 65.0 Å². The van der Waals surface area contributed by atoms with Crippen molar-refractivity contribution in [2.45, 2.75) is 19.6 Å². The molecule has 0 aliphatic rings. The van der Waals surface area contributed by atoms with E-state index in [-0.39, 0.29) is 12.1 Å². The van der Waals surface area contributed by atoms with Gasteiger partial charge in [-0.05, 0) is 35.7 Å². The molecule has 4 aromatic rings. The molecule has 2 aromatic heterocycles. The SMILES string of the molecule is Cc1ccccc1-c1csc2c(=O)n(Cc3cccc(C(F)(F)F)c3)cnc12. The van der Waals surface area contributed by atoms with Crippen molar-refractivity contribution in [2.75, 3.05) is 0 Å². The summed E-state index contributed by atoms with van der Waals surface area (Å²) in [4.78, 5) is 17.3. The van der Waals surface area contributed by atoms with Gasteiger partial charge < -0.3 is 0 Å². The first-order valence-electron chi connectivity index (χ1n) is 8.53. The summed E-state index contributed by atoms with van der Waals surface area (Å²) < 4.78 is 40.6. The fourth-order valence-corrected chi connectivity index (χ4v) is 4.13. The first kappa shape index (κ1) is 18.4. The molecule has 3 nitrogen and oxygen atoms in total. The molecule has 0 saturated carbocycles. The quantitative estimate of drug-likeness (QED) is 0.455. The van der Waals surface area contributed by atoms with Crippen LogP contribution >= 0.6 is 11.3 Å². The molecule has 0 N–H and O–H groups in total. The number of aryl methyl sites for hydroxylation is 1. The van der Waals surface area contributed by atoms with Gasteiger partial charge in [-0.15, -0.1) is 11.3 Å². The van der Waals surface area contributed by atoms with E-state index in [1.54, 1.807) is 6.07 Å². The van der Waals surface area contributed by atoms with Crippen LogP contribution in [0.5, 0.6) is 0 Å². The Morgan fingerprint density at radius 1 is 1.07 bits per heavy atom. The van der Waals surface area contributed by atoms with E-state index in [9.17, 15) is 18.0 Å². The highest BCUT2D eigenvalue weighted by Crippen LogP contribution is 2.33. The molecule has 28 heavy (non-hydrogen) atoms. The summed E-state index contributed by atoms with van der Waals surface area (Å²) in [5.41, 5.74) is 3.01. The smallest absolute Gasteiger partial charge is 0.294 e. The van der Waals surface area contributed by atoms with Crippen molar-refractivity contribution in [1.82, 2.24) is 9.55 Å². The lowest BCUT2D eigenvalue weighted by molar-refractivity contribution is -0.137. The Balaban J connectivity index is 1.74. The van der Waals surface area contributed by atoms with Gasteiger partial charge in [0.15, 0.2) is 0 Å². The van der Waals surface area contributed by atoms with Gasteiger partial charge in [-0.1, -0.05) is 36.4 Å². The Labute approximate surface area is 162 Å². The van der Waals surface area contributed by atoms with E-state index >= 15 is 0 Å². The molecule has 2 heterocycles. The Hall–Kier alpha value is -2.93. The van der Waals surface area contributed by atoms with Gasteiger partial charge in [-0.2, -0.15) is 13.2 Å². The minimum atomic E-state index is -4.42. The van der Waals surface area contributed by atoms with Crippen LogP contribution in [0.1, 0.15) is 16.7 Å². The van der Waals surface area contributed by atoms with Gasteiger partial charge in [-0.3, -0.25) is 9.36 Å². The molecule has 7 heteroatoms. The van der Waals surface area contributed by atoms with Crippen LogP contribution in [0.4, 0.5) is 13.2 Å². The molecule has 2 aromatic carbocycles. The molecule has 0 unspecified atom stereocenters. The van der Waals surface area contributed by atoms with E-state index < -0.39 is 11.7 Å². The molecule has 142 valence electrons. The zero-order valence-corrected chi connectivity index (χ0v) is 15.6. The van der Waals surface area contributed by atoms with Crippen LogP contribution < -0.4 is 5.56 Å². The topological polar surface area (TPSA) is 34.9 Å². The van der Waals surface area contributed by atoms with Gasteiger partial charge in [0.2, 0.25) is 0 Å². The third kappa shape index (κ3) is 3.33. The van der Waals surface area contributed by atoms with Crippen molar-refractivity contribution in [3.63, 3.8) is 0 Å². The predicted molar refractivity (Wildman–Crippen MR) is 105 cm³/mol. The average molecular weight is 400 g/mol. The summed E-state index contributed by atoms with van der Waals surface area (Å²) in [6.45, 7) is 2.02. The fourth-order valence-electron chi connectivity index (χ4n) is 3.16. The van der Waals surface area contributed by atoms with Crippen LogP contribution in [0.25, 0.3) is 21.3 Å². The zero-order chi connectivity index (χ0) is 19.9. The molecule has 0 aliphatic carbocycles. The first-order chi connectivity index (χ1) is 13.3. The highest BCUT2D eigenvalue weighted by atomic mass is 32.1. The average Bonchev–Trinajstić information content (AvgIpc) is 3.09. The number of nitrogens with zero attached hydrogens (tertiary/aromatic N) is 2. The molecule has 0 spiro atoms. The first-order valence-corrected chi connectivity index (χ1v) is 9.41. The van der Waals surface area contributed by atoms with Gasteiger partial charge in [0, 0.05) is 10.9 Å². The largest absolute Gasteiger partial charge is 0.416 e. The molecule has 4 rings (SSSR count). The summed E-state index contributed by atoms with van der Waals surface area (Å²) >= 11 is 1.30. The lowest BCUT2D eigenvalue weighted by Crippen LogP contribution is -2.20. The molecule has 0 amide bonds. The lowest BCUT2D eigenvalue weighted by Gasteiger charge is -2.10.